The van der Waals surface area contributed by atoms with E-state index in [9.17, 15) is 0 Å². The minimum atomic E-state index is 0.708. The van der Waals surface area contributed by atoms with Crippen LogP contribution in [0, 0.1) is 22.7 Å². The molecule has 1 spiro atoms. The number of hydrogen-bond acceptors (Lipinski definition) is 3. The lowest BCUT2D eigenvalue weighted by Gasteiger charge is -2.54. The third kappa shape index (κ3) is 4.25. The van der Waals surface area contributed by atoms with Gasteiger partial charge in [0.25, 0.3) is 0 Å². The summed E-state index contributed by atoms with van der Waals surface area (Å²) in [5.74, 6) is 1.82. The molecule has 0 radical (unpaired) electrons. The van der Waals surface area contributed by atoms with E-state index < -0.39 is 0 Å². The maximum Gasteiger partial charge on any atom is 0.00516 e. The van der Waals surface area contributed by atoms with Crippen LogP contribution in [0.25, 0.3) is 0 Å². The Hall–Kier alpha value is -0.120. The highest BCUT2D eigenvalue weighted by molar-refractivity contribution is 5.00. The number of piperidine rings is 1. The van der Waals surface area contributed by atoms with Crippen molar-refractivity contribution in [1.29, 1.82) is 0 Å². The molecule has 0 aromatic carbocycles. The lowest BCUT2D eigenvalue weighted by atomic mass is 9.71. The predicted molar refractivity (Wildman–Crippen MR) is 106 cm³/mol. The normalized spacial score (nSPS) is 32.4. The van der Waals surface area contributed by atoms with E-state index in [-0.39, 0.29) is 0 Å². The van der Waals surface area contributed by atoms with Crippen LogP contribution < -0.4 is 0 Å². The predicted octanol–water partition coefficient (Wildman–Crippen LogP) is 3.55. The van der Waals surface area contributed by atoms with E-state index in [1.54, 1.807) is 0 Å². The van der Waals surface area contributed by atoms with Gasteiger partial charge in [0.05, 0.1) is 0 Å². The van der Waals surface area contributed by atoms with Crippen molar-refractivity contribution in [3.8, 4) is 0 Å². The van der Waals surface area contributed by atoms with E-state index >= 15 is 0 Å². The minimum Gasteiger partial charge on any atom is -0.304 e. The summed E-state index contributed by atoms with van der Waals surface area (Å²) in [5.41, 5.74) is 1.43. The fourth-order valence-corrected chi connectivity index (χ4v) is 6.21. The summed E-state index contributed by atoms with van der Waals surface area (Å²) >= 11 is 0. The van der Waals surface area contributed by atoms with Crippen molar-refractivity contribution < 1.29 is 0 Å². The molecular formula is C22H41N3. The van der Waals surface area contributed by atoms with Gasteiger partial charge < -0.3 is 14.7 Å². The smallest absolute Gasteiger partial charge is 0.00516 e. The van der Waals surface area contributed by atoms with E-state index in [1.165, 1.54) is 97.4 Å². The van der Waals surface area contributed by atoms with Crippen LogP contribution in [0.3, 0.4) is 0 Å². The van der Waals surface area contributed by atoms with Crippen molar-refractivity contribution in [3.63, 3.8) is 0 Å². The van der Waals surface area contributed by atoms with Crippen LogP contribution in [0.15, 0.2) is 0 Å². The quantitative estimate of drug-likeness (QED) is 0.697. The van der Waals surface area contributed by atoms with Crippen molar-refractivity contribution in [2.45, 2.75) is 59.3 Å². The van der Waals surface area contributed by atoms with Crippen molar-refractivity contribution >= 4 is 0 Å². The Morgan fingerprint density at radius 1 is 0.920 bits per heavy atom. The third-order valence-electron chi connectivity index (χ3n) is 7.73. The molecule has 144 valence electrons. The van der Waals surface area contributed by atoms with Gasteiger partial charge in [-0.25, -0.2) is 0 Å². The van der Waals surface area contributed by atoms with E-state index in [1.807, 2.05) is 0 Å². The standard InChI is InChI=1S/C22H41N3/c1-4-23-11-8-22(9-12-23)17-25(18-22)15-20-5-10-24(14-20)16-21(6-7-21)13-19(2)3/h19-20H,4-18H2,1-3H3/t20-/m1/s1. The molecule has 4 aliphatic rings. The number of nitrogens with zero attached hydrogens (tertiary/aromatic N) is 3. The topological polar surface area (TPSA) is 9.72 Å². The molecule has 3 saturated heterocycles. The molecule has 0 unspecified atom stereocenters. The highest BCUT2D eigenvalue weighted by Gasteiger charge is 2.47. The van der Waals surface area contributed by atoms with Gasteiger partial charge in [-0.3, -0.25) is 0 Å². The largest absolute Gasteiger partial charge is 0.304 e. The molecule has 0 aromatic heterocycles. The van der Waals surface area contributed by atoms with Crippen LogP contribution in [-0.2, 0) is 0 Å². The first-order valence-electron chi connectivity index (χ1n) is 11.2. The molecule has 0 aromatic rings. The fourth-order valence-electron chi connectivity index (χ4n) is 6.21. The molecular weight excluding hydrogens is 306 g/mol. The van der Waals surface area contributed by atoms with Crippen LogP contribution in [0.5, 0.6) is 0 Å². The first-order valence-corrected chi connectivity index (χ1v) is 11.2. The Bertz CT molecular complexity index is 440. The Morgan fingerprint density at radius 2 is 1.64 bits per heavy atom. The molecule has 3 heterocycles. The summed E-state index contributed by atoms with van der Waals surface area (Å²) < 4.78 is 0. The Kier molecular flexibility index (Phi) is 5.20. The lowest BCUT2D eigenvalue weighted by molar-refractivity contribution is -0.0518. The molecule has 0 N–H and O–H groups in total. The van der Waals surface area contributed by atoms with Gasteiger partial charge in [0.2, 0.25) is 0 Å². The van der Waals surface area contributed by atoms with Gasteiger partial charge >= 0.3 is 0 Å². The van der Waals surface area contributed by atoms with Crippen molar-refractivity contribution in [2.75, 3.05) is 58.9 Å². The zero-order chi connectivity index (χ0) is 17.5. The first kappa shape index (κ1) is 18.3. The molecule has 3 nitrogen and oxygen atoms in total. The summed E-state index contributed by atoms with van der Waals surface area (Å²) in [4.78, 5) is 8.24. The number of likely N-dealkylation sites (tertiary alicyclic amines) is 3. The van der Waals surface area contributed by atoms with Crippen LogP contribution in [0.1, 0.15) is 59.3 Å². The Labute approximate surface area is 156 Å². The number of rotatable bonds is 7. The molecule has 1 atom stereocenters. The molecule has 3 heteroatoms. The molecule has 25 heavy (non-hydrogen) atoms. The van der Waals surface area contributed by atoms with E-state index in [0.29, 0.717) is 5.41 Å². The summed E-state index contributed by atoms with van der Waals surface area (Å²) in [5, 5.41) is 0. The second-order valence-electron chi connectivity index (χ2n) is 10.6. The maximum absolute atomic E-state index is 2.81. The SMILES string of the molecule is CCN1CCC2(CC1)CN(C[C@@H]1CCN(CC3(CC(C)C)CC3)C1)C2. The highest BCUT2D eigenvalue weighted by Crippen LogP contribution is 2.51. The molecule has 1 aliphatic carbocycles. The van der Waals surface area contributed by atoms with Crippen LogP contribution in [0.2, 0.25) is 0 Å². The average molecular weight is 348 g/mol. The minimum absolute atomic E-state index is 0.708. The van der Waals surface area contributed by atoms with Gasteiger partial charge in [-0.1, -0.05) is 20.8 Å². The molecule has 4 rings (SSSR count). The Balaban J connectivity index is 1.16. The Morgan fingerprint density at radius 3 is 2.24 bits per heavy atom. The summed E-state index contributed by atoms with van der Waals surface area (Å²) in [6.45, 7) is 19.4. The van der Waals surface area contributed by atoms with Crippen molar-refractivity contribution in [1.82, 2.24) is 14.7 Å². The fraction of sp³-hybridized carbons (Fsp3) is 1.00. The average Bonchev–Trinajstić information content (AvgIpc) is 3.14. The second-order valence-corrected chi connectivity index (χ2v) is 10.6. The summed E-state index contributed by atoms with van der Waals surface area (Å²) in [6, 6.07) is 0. The number of hydrogen-bond donors (Lipinski definition) is 0. The summed E-state index contributed by atoms with van der Waals surface area (Å²) in [6.07, 6.45) is 8.80. The van der Waals surface area contributed by atoms with Crippen molar-refractivity contribution in [3.05, 3.63) is 0 Å². The van der Waals surface area contributed by atoms with Crippen LogP contribution >= 0.6 is 0 Å². The highest BCUT2D eigenvalue weighted by atomic mass is 15.2. The van der Waals surface area contributed by atoms with E-state index in [2.05, 4.69) is 35.5 Å². The van der Waals surface area contributed by atoms with Gasteiger partial charge in [0.15, 0.2) is 0 Å². The lowest BCUT2D eigenvalue weighted by Crippen LogP contribution is -2.61. The second kappa shape index (κ2) is 7.13. The monoisotopic (exact) mass is 347 g/mol. The zero-order valence-corrected chi connectivity index (χ0v) is 17.1. The van der Waals surface area contributed by atoms with Gasteiger partial charge in [0.1, 0.15) is 0 Å². The molecule has 1 saturated carbocycles. The maximum atomic E-state index is 2.81. The summed E-state index contributed by atoms with van der Waals surface area (Å²) in [7, 11) is 0. The van der Waals surface area contributed by atoms with Crippen LogP contribution in [0.4, 0.5) is 0 Å². The van der Waals surface area contributed by atoms with Crippen LogP contribution in [-0.4, -0.2) is 73.6 Å². The van der Waals surface area contributed by atoms with Gasteiger partial charge in [-0.05, 0) is 87.4 Å². The molecule has 3 aliphatic heterocycles. The molecule has 4 fully saturated rings. The molecule has 0 bridgehead atoms. The third-order valence-corrected chi connectivity index (χ3v) is 7.73. The van der Waals surface area contributed by atoms with E-state index in [0.717, 1.165) is 17.3 Å². The van der Waals surface area contributed by atoms with Crippen molar-refractivity contribution in [2.24, 2.45) is 22.7 Å². The van der Waals surface area contributed by atoms with Gasteiger partial charge in [-0.15, -0.1) is 0 Å². The van der Waals surface area contributed by atoms with Gasteiger partial charge in [0, 0.05) is 32.7 Å². The van der Waals surface area contributed by atoms with Gasteiger partial charge in [-0.2, -0.15) is 0 Å². The first-order chi connectivity index (χ1) is 12.0. The molecule has 0 amide bonds. The van der Waals surface area contributed by atoms with E-state index in [4.69, 9.17) is 0 Å². The zero-order valence-electron chi connectivity index (χ0n) is 17.1.